The van der Waals surface area contributed by atoms with Crippen molar-refractivity contribution in [3.05, 3.63) is 41.6 Å². The molecule has 0 saturated heterocycles. The number of hydrogen-bond acceptors (Lipinski definition) is 5. The summed E-state index contributed by atoms with van der Waals surface area (Å²) in [6.07, 6.45) is 1.46. The molecule has 0 radical (unpaired) electrons. The Hall–Kier alpha value is -1.70. The number of carbonyl (C=O) groups is 1. The monoisotopic (exact) mass is 267 g/mol. The number of benzene rings is 1. The van der Waals surface area contributed by atoms with Crippen molar-refractivity contribution >= 4 is 12.1 Å². The maximum atomic E-state index is 11.7. The van der Waals surface area contributed by atoms with E-state index in [1.54, 1.807) is 0 Å². The summed E-state index contributed by atoms with van der Waals surface area (Å²) in [5.74, 6) is -1.23. The van der Waals surface area contributed by atoms with E-state index in [2.05, 4.69) is 20.7 Å². The van der Waals surface area contributed by atoms with Gasteiger partial charge in [-0.2, -0.15) is 5.10 Å². The number of amides is 1. The van der Waals surface area contributed by atoms with Gasteiger partial charge < -0.3 is 10.4 Å². The fourth-order valence-corrected chi connectivity index (χ4v) is 1.26. The normalized spacial score (nSPS) is 10.2. The van der Waals surface area contributed by atoms with Crippen molar-refractivity contribution in [2.24, 2.45) is 5.10 Å². The van der Waals surface area contributed by atoms with E-state index in [0.717, 1.165) is 10.4 Å². The molecular formula is C11H10N5NaO2. The van der Waals surface area contributed by atoms with Crippen LogP contribution in [0.3, 0.4) is 0 Å². The molecule has 1 aromatic carbocycles. The van der Waals surface area contributed by atoms with E-state index >= 15 is 0 Å². The zero-order valence-electron chi connectivity index (χ0n) is 10.6. The zero-order chi connectivity index (χ0) is 13.0. The first-order chi connectivity index (χ1) is 8.72. The van der Waals surface area contributed by atoms with Gasteiger partial charge in [-0.1, -0.05) is 30.3 Å². The topological polar surface area (TPSA) is 95.2 Å². The van der Waals surface area contributed by atoms with Gasteiger partial charge in [0.05, 0.1) is 6.21 Å². The second-order valence-corrected chi connectivity index (χ2v) is 3.37. The van der Waals surface area contributed by atoms with E-state index in [0.29, 0.717) is 0 Å². The minimum atomic E-state index is -0.651. The summed E-state index contributed by atoms with van der Waals surface area (Å²) in [5, 5.41) is 24.8. The van der Waals surface area contributed by atoms with E-state index in [9.17, 15) is 9.90 Å². The summed E-state index contributed by atoms with van der Waals surface area (Å²) >= 11 is 0. The molecule has 2 rings (SSSR count). The molecule has 1 heterocycles. The van der Waals surface area contributed by atoms with Crippen LogP contribution in [-0.4, -0.2) is 34.3 Å². The van der Waals surface area contributed by atoms with Gasteiger partial charge >= 0.3 is 29.6 Å². The van der Waals surface area contributed by atoms with Crippen LogP contribution in [0, 0.1) is 0 Å². The molecule has 0 saturated carbocycles. The predicted octanol–water partition coefficient (Wildman–Crippen LogP) is -3.40. The zero-order valence-corrected chi connectivity index (χ0v) is 12.6. The number of hydrogen-bond donors (Lipinski definition) is 1. The molecule has 0 aliphatic carbocycles. The molecule has 1 N–H and O–H groups in total. The first kappa shape index (κ1) is 15.4. The van der Waals surface area contributed by atoms with Crippen LogP contribution in [0.5, 0.6) is 5.88 Å². The van der Waals surface area contributed by atoms with Crippen LogP contribution in [0.2, 0.25) is 0 Å². The van der Waals surface area contributed by atoms with E-state index < -0.39 is 11.8 Å². The number of rotatable bonds is 3. The Labute approximate surface area is 131 Å². The van der Waals surface area contributed by atoms with E-state index in [1.807, 2.05) is 30.3 Å². The van der Waals surface area contributed by atoms with Crippen LogP contribution >= 0.6 is 0 Å². The van der Waals surface area contributed by atoms with E-state index in [-0.39, 0.29) is 35.3 Å². The largest absolute Gasteiger partial charge is 1.00 e. The summed E-state index contributed by atoms with van der Waals surface area (Å²) in [5.41, 5.74) is 0.539. The number of nitrogens with one attached hydrogen (secondary N) is 1. The van der Waals surface area contributed by atoms with Crippen molar-refractivity contribution in [1.29, 1.82) is 0 Å². The molecule has 0 fully saturated rings. The SMILES string of the molecule is CNC(=O)c1nnn(N=Cc2ccccc2)c1[O-].[Na+]. The van der Waals surface area contributed by atoms with E-state index in [1.165, 1.54) is 13.3 Å². The Bertz CT molecular complexity index is 582. The third-order valence-electron chi connectivity index (χ3n) is 2.17. The van der Waals surface area contributed by atoms with Gasteiger partial charge in [0.25, 0.3) is 5.91 Å². The number of aromatic nitrogens is 3. The first-order valence-corrected chi connectivity index (χ1v) is 5.16. The van der Waals surface area contributed by atoms with Crippen molar-refractivity contribution in [3.8, 4) is 5.88 Å². The van der Waals surface area contributed by atoms with Gasteiger partial charge in [-0.15, -0.1) is 9.89 Å². The van der Waals surface area contributed by atoms with Crippen LogP contribution in [-0.2, 0) is 0 Å². The number of nitrogens with zero attached hydrogens (tertiary/aromatic N) is 4. The smallest absolute Gasteiger partial charge is 0.856 e. The van der Waals surface area contributed by atoms with Crippen LogP contribution in [0.4, 0.5) is 0 Å². The second-order valence-electron chi connectivity index (χ2n) is 3.37. The van der Waals surface area contributed by atoms with Gasteiger partial charge in [-0.05, 0) is 10.8 Å². The van der Waals surface area contributed by atoms with Gasteiger partial charge in [0.2, 0.25) is 0 Å². The van der Waals surface area contributed by atoms with Gasteiger partial charge in [-0.3, -0.25) is 4.79 Å². The van der Waals surface area contributed by atoms with Crippen LogP contribution in [0.1, 0.15) is 16.1 Å². The Morgan fingerprint density at radius 1 is 1.42 bits per heavy atom. The van der Waals surface area contributed by atoms with E-state index in [4.69, 9.17) is 0 Å². The second kappa shape index (κ2) is 7.03. The average molecular weight is 267 g/mol. The molecule has 2 aromatic rings. The quantitative estimate of drug-likeness (QED) is 0.463. The molecule has 0 aliphatic heterocycles. The minimum Gasteiger partial charge on any atom is -0.856 e. The maximum absolute atomic E-state index is 11.7. The Kier molecular flexibility index (Phi) is 5.68. The Morgan fingerprint density at radius 3 is 2.74 bits per heavy atom. The Morgan fingerprint density at radius 2 is 2.11 bits per heavy atom. The molecule has 1 aromatic heterocycles. The molecule has 0 atom stereocenters. The third kappa shape index (κ3) is 3.63. The summed E-state index contributed by atoms with van der Waals surface area (Å²) in [6.45, 7) is 0. The van der Waals surface area contributed by atoms with Crippen LogP contribution in [0.25, 0.3) is 0 Å². The number of carbonyl (C=O) groups excluding carboxylic acids is 1. The van der Waals surface area contributed by atoms with Crippen LogP contribution in [0.15, 0.2) is 35.4 Å². The summed E-state index contributed by atoms with van der Waals surface area (Å²) < 4.78 is 0. The van der Waals surface area contributed by atoms with Crippen molar-refractivity contribution in [2.75, 3.05) is 7.05 Å². The average Bonchev–Trinajstić information content (AvgIpc) is 2.78. The van der Waals surface area contributed by atoms with Gasteiger partial charge in [0.15, 0.2) is 5.69 Å². The predicted molar refractivity (Wildman–Crippen MR) is 62.3 cm³/mol. The van der Waals surface area contributed by atoms with Crippen molar-refractivity contribution in [1.82, 2.24) is 20.4 Å². The molecule has 0 bridgehead atoms. The summed E-state index contributed by atoms with van der Waals surface area (Å²) in [4.78, 5) is 12.0. The van der Waals surface area contributed by atoms with Crippen molar-refractivity contribution in [2.45, 2.75) is 0 Å². The van der Waals surface area contributed by atoms with Crippen molar-refractivity contribution < 1.29 is 39.5 Å². The molecule has 0 aliphatic rings. The van der Waals surface area contributed by atoms with Crippen LogP contribution < -0.4 is 40.0 Å². The molecular weight excluding hydrogens is 257 g/mol. The van der Waals surface area contributed by atoms with Gasteiger partial charge in [0.1, 0.15) is 0 Å². The molecule has 8 heteroatoms. The molecule has 0 spiro atoms. The molecule has 0 unspecified atom stereocenters. The summed E-state index contributed by atoms with van der Waals surface area (Å²) in [6, 6.07) is 9.21. The standard InChI is InChI=1S/C11H11N5O2.Na/c1-12-10(17)9-11(18)16(15-14-9)13-7-8-5-3-2-4-6-8;/h2-7,18H,1H3,(H,12,17);/q;+1/p-1. The van der Waals surface area contributed by atoms with Gasteiger partial charge in [0, 0.05) is 12.9 Å². The summed E-state index contributed by atoms with van der Waals surface area (Å²) in [7, 11) is 1.41. The van der Waals surface area contributed by atoms with Crippen molar-refractivity contribution in [3.63, 3.8) is 0 Å². The molecule has 19 heavy (non-hydrogen) atoms. The molecule has 92 valence electrons. The molecule has 7 nitrogen and oxygen atoms in total. The minimum absolute atomic E-state index is 0. The molecule has 1 amide bonds. The third-order valence-corrected chi connectivity index (χ3v) is 2.17. The van der Waals surface area contributed by atoms with Gasteiger partial charge in [-0.25, -0.2) is 0 Å². The Balaban J connectivity index is 0.00000180. The first-order valence-electron chi connectivity index (χ1n) is 5.16. The fraction of sp³-hybridized carbons (Fsp3) is 0.0909. The fourth-order valence-electron chi connectivity index (χ4n) is 1.26. The maximum Gasteiger partial charge on any atom is 1.00 e.